The molecule has 0 saturated carbocycles. The van der Waals surface area contributed by atoms with Gasteiger partial charge < -0.3 is 14.6 Å². The molecule has 2 N–H and O–H groups in total. The van der Waals surface area contributed by atoms with Gasteiger partial charge in [-0.2, -0.15) is 5.10 Å². The summed E-state index contributed by atoms with van der Waals surface area (Å²) in [5.41, 5.74) is 1.01. The van der Waals surface area contributed by atoms with Gasteiger partial charge in [0.15, 0.2) is 11.5 Å². The Balaban J connectivity index is 2.17. The van der Waals surface area contributed by atoms with Gasteiger partial charge >= 0.3 is 5.97 Å². The molecule has 6 heteroatoms. The highest BCUT2D eigenvalue weighted by molar-refractivity contribution is 5.90. The van der Waals surface area contributed by atoms with Crippen LogP contribution in [-0.2, 0) is 6.61 Å². The Labute approximate surface area is 110 Å². The molecule has 0 atom stereocenters. The van der Waals surface area contributed by atoms with E-state index in [1.54, 1.807) is 26.2 Å². The van der Waals surface area contributed by atoms with Gasteiger partial charge in [0.25, 0.3) is 0 Å². The highest BCUT2D eigenvalue weighted by atomic mass is 16.5. The van der Waals surface area contributed by atoms with Crippen molar-refractivity contribution in [2.24, 2.45) is 0 Å². The minimum absolute atomic E-state index is 0.0619. The molecule has 0 radical (unpaired) electrons. The number of methoxy groups -OCH3 is 1. The number of carboxylic acids is 1. The second-order valence-electron chi connectivity index (χ2n) is 3.91. The fourth-order valence-electron chi connectivity index (χ4n) is 1.75. The van der Waals surface area contributed by atoms with E-state index in [-0.39, 0.29) is 12.2 Å². The summed E-state index contributed by atoms with van der Waals surface area (Å²) in [4.78, 5) is 11.1. The van der Waals surface area contributed by atoms with Crippen LogP contribution in [0.2, 0.25) is 0 Å². The van der Waals surface area contributed by atoms with Gasteiger partial charge in [-0.15, -0.1) is 0 Å². The molecule has 0 spiro atoms. The second-order valence-corrected chi connectivity index (χ2v) is 3.91. The molecule has 0 bridgehead atoms. The lowest BCUT2D eigenvalue weighted by Gasteiger charge is -2.09. The third-order valence-electron chi connectivity index (χ3n) is 2.67. The number of ether oxygens (including phenoxy) is 2. The lowest BCUT2D eigenvalue weighted by molar-refractivity contribution is 0.0693. The topological polar surface area (TPSA) is 84.4 Å². The van der Waals surface area contributed by atoms with Crippen LogP contribution in [-0.4, -0.2) is 28.4 Å². The average Bonchev–Trinajstić information content (AvgIpc) is 2.78. The van der Waals surface area contributed by atoms with Crippen molar-refractivity contribution in [3.05, 3.63) is 41.2 Å². The lowest BCUT2D eigenvalue weighted by atomic mass is 10.2. The first-order valence-corrected chi connectivity index (χ1v) is 5.66. The summed E-state index contributed by atoms with van der Waals surface area (Å²) in [5.74, 6) is 0.110. The summed E-state index contributed by atoms with van der Waals surface area (Å²) >= 11 is 0. The van der Waals surface area contributed by atoms with E-state index in [0.717, 1.165) is 0 Å². The van der Waals surface area contributed by atoms with Crippen molar-refractivity contribution in [2.45, 2.75) is 13.5 Å². The predicted molar refractivity (Wildman–Crippen MR) is 67.6 cm³/mol. The van der Waals surface area contributed by atoms with Crippen LogP contribution in [0.4, 0.5) is 0 Å². The van der Waals surface area contributed by atoms with Crippen LogP contribution in [0.5, 0.6) is 11.5 Å². The molecule has 0 fully saturated rings. The molecular formula is C13H14N2O4. The van der Waals surface area contributed by atoms with Crippen LogP contribution in [0.25, 0.3) is 0 Å². The van der Waals surface area contributed by atoms with Gasteiger partial charge in [0.1, 0.15) is 17.9 Å². The van der Waals surface area contributed by atoms with Crippen LogP contribution in [0.3, 0.4) is 0 Å². The number of carboxylic acid groups (broad SMARTS) is 1. The maximum Gasteiger partial charge on any atom is 0.339 e. The molecule has 0 aliphatic carbocycles. The number of aromatic amines is 1. The molecule has 1 aromatic carbocycles. The number of H-pyrrole nitrogens is 1. The normalized spacial score (nSPS) is 10.2. The Morgan fingerprint density at radius 2 is 2.05 bits per heavy atom. The number of nitrogens with one attached hydrogen (secondary N) is 1. The van der Waals surface area contributed by atoms with Gasteiger partial charge in [-0.3, -0.25) is 5.10 Å². The van der Waals surface area contributed by atoms with E-state index in [2.05, 4.69) is 10.2 Å². The first-order chi connectivity index (χ1) is 9.13. The van der Waals surface area contributed by atoms with Crippen molar-refractivity contribution in [2.75, 3.05) is 7.11 Å². The molecule has 6 nitrogen and oxygen atoms in total. The summed E-state index contributed by atoms with van der Waals surface area (Å²) in [7, 11) is 1.55. The highest BCUT2D eigenvalue weighted by Gasteiger charge is 2.17. The number of benzene rings is 1. The largest absolute Gasteiger partial charge is 0.493 e. The number of nitrogens with zero attached hydrogens (tertiary/aromatic N) is 1. The van der Waals surface area contributed by atoms with Crippen LogP contribution in [0, 0.1) is 6.92 Å². The molecule has 2 rings (SSSR count). The van der Waals surface area contributed by atoms with E-state index in [9.17, 15) is 4.79 Å². The van der Waals surface area contributed by atoms with Crippen molar-refractivity contribution in [3.8, 4) is 11.5 Å². The zero-order valence-electron chi connectivity index (χ0n) is 10.6. The minimum Gasteiger partial charge on any atom is -0.493 e. The number of hydrogen-bond acceptors (Lipinski definition) is 4. The van der Waals surface area contributed by atoms with Gasteiger partial charge in [0, 0.05) is 5.69 Å². The molecule has 2 aromatic rings. The number of hydrogen-bond donors (Lipinski definition) is 2. The van der Waals surface area contributed by atoms with E-state index in [1.165, 1.54) is 0 Å². The van der Waals surface area contributed by atoms with Gasteiger partial charge in [-0.25, -0.2) is 4.79 Å². The summed E-state index contributed by atoms with van der Waals surface area (Å²) in [6, 6.07) is 7.15. The molecule has 0 saturated heterocycles. The first kappa shape index (κ1) is 12.9. The molecule has 19 heavy (non-hydrogen) atoms. The predicted octanol–water partition coefficient (Wildman–Crippen LogP) is 2.00. The maximum atomic E-state index is 11.1. The third-order valence-corrected chi connectivity index (χ3v) is 2.67. The maximum absolute atomic E-state index is 11.1. The summed E-state index contributed by atoms with van der Waals surface area (Å²) in [5, 5.41) is 15.7. The van der Waals surface area contributed by atoms with Crippen LogP contribution in [0.15, 0.2) is 24.3 Å². The average molecular weight is 262 g/mol. The molecule has 1 heterocycles. The molecule has 0 aliphatic rings. The zero-order valence-corrected chi connectivity index (χ0v) is 10.6. The third kappa shape index (κ3) is 2.67. The minimum atomic E-state index is -1.02. The van der Waals surface area contributed by atoms with Crippen molar-refractivity contribution in [1.82, 2.24) is 10.2 Å². The zero-order chi connectivity index (χ0) is 13.8. The van der Waals surface area contributed by atoms with E-state index >= 15 is 0 Å². The summed E-state index contributed by atoms with van der Waals surface area (Å²) < 4.78 is 10.7. The Hall–Kier alpha value is -2.50. The van der Waals surface area contributed by atoms with Gasteiger partial charge in [-0.05, 0) is 19.1 Å². The quantitative estimate of drug-likeness (QED) is 0.861. The van der Waals surface area contributed by atoms with Crippen LogP contribution >= 0.6 is 0 Å². The smallest absolute Gasteiger partial charge is 0.339 e. The standard InChI is InChI=1S/C13H14N2O4/c1-8-12(13(16)17)9(15-14-8)7-19-11-6-4-3-5-10(11)18-2/h3-6H,7H2,1-2H3,(H,14,15)(H,16,17). The Kier molecular flexibility index (Phi) is 3.70. The number of rotatable bonds is 5. The van der Waals surface area contributed by atoms with Crippen molar-refractivity contribution in [3.63, 3.8) is 0 Å². The van der Waals surface area contributed by atoms with Crippen LogP contribution < -0.4 is 9.47 Å². The molecule has 0 unspecified atom stereocenters. The summed E-state index contributed by atoms with van der Waals surface area (Å²) in [6.07, 6.45) is 0. The summed E-state index contributed by atoms with van der Waals surface area (Å²) in [6.45, 7) is 1.72. The second kappa shape index (κ2) is 5.43. The van der Waals surface area contributed by atoms with Gasteiger partial charge in [0.2, 0.25) is 0 Å². The van der Waals surface area contributed by atoms with Gasteiger partial charge in [0.05, 0.1) is 7.11 Å². The molecule has 100 valence electrons. The molecular weight excluding hydrogens is 248 g/mol. The fourth-order valence-corrected chi connectivity index (χ4v) is 1.75. The van der Waals surface area contributed by atoms with Crippen molar-refractivity contribution < 1.29 is 19.4 Å². The monoisotopic (exact) mass is 262 g/mol. The Morgan fingerprint density at radius 3 is 2.68 bits per heavy atom. The first-order valence-electron chi connectivity index (χ1n) is 5.66. The number of aromatic nitrogens is 2. The fraction of sp³-hybridized carbons (Fsp3) is 0.231. The van der Waals surface area contributed by atoms with E-state index < -0.39 is 5.97 Å². The number of para-hydroxylation sites is 2. The lowest BCUT2D eigenvalue weighted by Crippen LogP contribution is -2.05. The molecule has 0 aliphatic heterocycles. The van der Waals surface area contributed by atoms with Crippen molar-refractivity contribution in [1.29, 1.82) is 0 Å². The van der Waals surface area contributed by atoms with Crippen molar-refractivity contribution >= 4 is 5.97 Å². The Morgan fingerprint density at radius 1 is 1.37 bits per heavy atom. The van der Waals surface area contributed by atoms with E-state index in [0.29, 0.717) is 22.9 Å². The highest BCUT2D eigenvalue weighted by Crippen LogP contribution is 2.26. The van der Waals surface area contributed by atoms with E-state index in [1.807, 2.05) is 12.1 Å². The van der Waals surface area contributed by atoms with Crippen LogP contribution in [0.1, 0.15) is 21.7 Å². The number of aryl methyl sites for hydroxylation is 1. The number of carbonyl (C=O) groups is 1. The van der Waals surface area contributed by atoms with Gasteiger partial charge in [-0.1, -0.05) is 12.1 Å². The molecule has 1 aromatic heterocycles. The van der Waals surface area contributed by atoms with E-state index in [4.69, 9.17) is 14.6 Å². The molecule has 0 amide bonds. The Bertz CT molecular complexity index is 592. The SMILES string of the molecule is COc1ccccc1OCc1n[nH]c(C)c1C(=O)O. The number of aromatic carboxylic acids is 1.